The number of benzene rings is 2. The highest BCUT2D eigenvalue weighted by Gasteiger charge is 2.19. The number of fused-ring (bicyclic) bond motifs is 1. The molecule has 4 rings (SSSR count). The summed E-state index contributed by atoms with van der Waals surface area (Å²) >= 11 is 1.71. The molecule has 0 radical (unpaired) electrons. The molecular formula is C22H19FN2O3S. The molecule has 1 aliphatic rings. The summed E-state index contributed by atoms with van der Waals surface area (Å²) in [6, 6.07) is 11.4. The van der Waals surface area contributed by atoms with Gasteiger partial charge in [0.05, 0.1) is 18.0 Å². The van der Waals surface area contributed by atoms with E-state index < -0.39 is 5.97 Å². The van der Waals surface area contributed by atoms with Gasteiger partial charge in [0.25, 0.3) is 0 Å². The van der Waals surface area contributed by atoms with Gasteiger partial charge < -0.3 is 14.2 Å². The maximum Gasteiger partial charge on any atom is 0.343 e. The van der Waals surface area contributed by atoms with E-state index >= 15 is 0 Å². The molecule has 7 heteroatoms. The Morgan fingerprint density at radius 3 is 2.62 bits per heavy atom. The third-order valence-electron chi connectivity index (χ3n) is 4.65. The second kappa shape index (κ2) is 7.75. The first-order valence-electron chi connectivity index (χ1n) is 9.15. The lowest BCUT2D eigenvalue weighted by atomic mass is 10.1. The van der Waals surface area contributed by atoms with E-state index in [1.807, 2.05) is 19.2 Å². The number of halogens is 1. The minimum absolute atomic E-state index is 0.0504. The van der Waals surface area contributed by atoms with E-state index in [0.717, 1.165) is 16.3 Å². The second-order valence-electron chi connectivity index (χ2n) is 6.69. The Labute approximate surface area is 171 Å². The first-order valence-corrected chi connectivity index (χ1v) is 10.1. The van der Waals surface area contributed by atoms with Crippen LogP contribution in [0.1, 0.15) is 22.8 Å². The van der Waals surface area contributed by atoms with Crippen LogP contribution in [0.4, 0.5) is 4.39 Å². The lowest BCUT2D eigenvalue weighted by Gasteiger charge is -2.14. The van der Waals surface area contributed by atoms with Crippen molar-refractivity contribution in [2.24, 2.45) is 0 Å². The van der Waals surface area contributed by atoms with Crippen molar-refractivity contribution < 1.29 is 13.9 Å². The number of ether oxygens (including phenoxy) is 1. The van der Waals surface area contributed by atoms with E-state index in [-0.39, 0.29) is 23.4 Å². The second-order valence-corrected chi connectivity index (χ2v) is 7.68. The fourth-order valence-corrected chi connectivity index (χ4v) is 4.22. The third kappa shape index (κ3) is 3.65. The SMILES string of the molecule is CCOC(=O)c1cn(-c2ccc(F)cc2)c2cc(C3=CN(C)CS3)ccc2c1=O. The van der Waals surface area contributed by atoms with Crippen LogP contribution >= 0.6 is 11.8 Å². The molecule has 3 aromatic rings. The molecule has 2 heterocycles. The first-order chi connectivity index (χ1) is 14.0. The van der Waals surface area contributed by atoms with E-state index in [1.165, 1.54) is 18.3 Å². The Kier molecular flexibility index (Phi) is 5.15. The maximum atomic E-state index is 13.4. The number of aromatic nitrogens is 1. The topological polar surface area (TPSA) is 51.5 Å². The van der Waals surface area contributed by atoms with Gasteiger partial charge in [0.1, 0.15) is 11.4 Å². The zero-order valence-corrected chi connectivity index (χ0v) is 16.8. The molecular weight excluding hydrogens is 391 g/mol. The summed E-state index contributed by atoms with van der Waals surface area (Å²) in [5.41, 5.74) is 1.83. The summed E-state index contributed by atoms with van der Waals surface area (Å²) in [6.45, 7) is 1.86. The molecule has 1 aromatic heterocycles. The Hall–Kier alpha value is -3.06. The van der Waals surface area contributed by atoms with Gasteiger partial charge in [0, 0.05) is 35.4 Å². The lowest BCUT2D eigenvalue weighted by molar-refractivity contribution is 0.0524. The molecule has 1 aliphatic heterocycles. The van der Waals surface area contributed by atoms with Crippen LogP contribution in [0.3, 0.4) is 0 Å². The van der Waals surface area contributed by atoms with Crippen molar-refractivity contribution in [1.82, 2.24) is 9.47 Å². The number of hydrogen-bond acceptors (Lipinski definition) is 5. The number of thioether (sulfide) groups is 1. The zero-order valence-electron chi connectivity index (χ0n) is 16.0. The van der Waals surface area contributed by atoms with Gasteiger partial charge in [0.2, 0.25) is 5.43 Å². The van der Waals surface area contributed by atoms with Gasteiger partial charge in [-0.3, -0.25) is 4.79 Å². The van der Waals surface area contributed by atoms with Crippen molar-refractivity contribution >= 4 is 33.5 Å². The van der Waals surface area contributed by atoms with E-state index in [4.69, 9.17) is 4.74 Å². The summed E-state index contributed by atoms with van der Waals surface area (Å²) in [4.78, 5) is 28.5. The minimum Gasteiger partial charge on any atom is -0.462 e. The molecule has 148 valence electrons. The summed E-state index contributed by atoms with van der Waals surface area (Å²) in [5.74, 6) is -0.170. The van der Waals surface area contributed by atoms with E-state index in [0.29, 0.717) is 16.6 Å². The first kappa shape index (κ1) is 19.3. The van der Waals surface area contributed by atoms with Gasteiger partial charge in [-0.05, 0) is 48.9 Å². The molecule has 0 N–H and O–H groups in total. The van der Waals surface area contributed by atoms with Crippen molar-refractivity contribution in [3.63, 3.8) is 0 Å². The molecule has 0 atom stereocenters. The predicted molar refractivity (Wildman–Crippen MR) is 114 cm³/mol. The zero-order chi connectivity index (χ0) is 20.5. The smallest absolute Gasteiger partial charge is 0.343 e. The number of esters is 1. The third-order valence-corrected chi connectivity index (χ3v) is 5.84. The Morgan fingerprint density at radius 1 is 1.21 bits per heavy atom. The van der Waals surface area contributed by atoms with Crippen LogP contribution in [0, 0.1) is 5.82 Å². The number of hydrogen-bond donors (Lipinski definition) is 0. The number of nitrogens with zero attached hydrogens (tertiary/aromatic N) is 2. The highest BCUT2D eigenvalue weighted by Crippen LogP contribution is 2.34. The Morgan fingerprint density at radius 2 is 1.97 bits per heavy atom. The molecule has 5 nitrogen and oxygen atoms in total. The number of carbonyl (C=O) groups is 1. The number of carbonyl (C=O) groups excluding carboxylic acids is 1. The van der Waals surface area contributed by atoms with Crippen LogP contribution in [0.25, 0.3) is 21.5 Å². The molecule has 2 aromatic carbocycles. The molecule has 29 heavy (non-hydrogen) atoms. The van der Waals surface area contributed by atoms with Crippen molar-refractivity contribution in [2.75, 3.05) is 19.5 Å². The van der Waals surface area contributed by atoms with Crippen LogP contribution < -0.4 is 5.43 Å². The Balaban J connectivity index is 1.98. The highest BCUT2D eigenvalue weighted by molar-refractivity contribution is 8.08. The van der Waals surface area contributed by atoms with Crippen molar-refractivity contribution in [2.45, 2.75) is 6.92 Å². The van der Waals surface area contributed by atoms with Crippen LogP contribution in [-0.2, 0) is 4.74 Å². The number of rotatable bonds is 4. The molecule has 0 saturated heterocycles. The van der Waals surface area contributed by atoms with E-state index in [2.05, 4.69) is 11.1 Å². The van der Waals surface area contributed by atoms with Gasteiger partial charge in [-0.25, -0.2) is 9.18 Å². The maximum absolute atomic E-state index is 13.4. The van der Waals surface area contributed by atoms with Crippen molar-refractivity contribution in [3.8, 4) is 5.69 Å². The number of pyridine rings is 1. The van der Waals surface area contributed by atoms with E-state index in [1.54, 1.807) is 41.5 Å². The lowest BCUT2D eigenvalue weighted by Crippen LogP contribution is -2.20. The van der Waals surface area contributed by atoms with Gasteiger partial charge in [0.15, 0.2) is 0 Å². The normalized spacial score (nSPS) is 13.6. The van der Waals surface area contributed by atoms with Gasteiger partial charge in [-0.15, -0.1) is 11.8 Å². The van der Waals surface area contributed by atoms with Crippen LogP contribution in [-0.4, -0.2) is 35.0 Å². The Bertz CT molecular complexity index is 1190. The monoisotopic (exact) mass is 410 g/mol. The van der Waals surface area contributed by atoms with Gasteiger partial charge >= 0.3 is 5.97 Å². The largest absolute Gasteiger partial charge is 0.462 e. The minimum atomic E-state index is -0.671. The summed E-state index contributed by atoms with van der Waals surface area (Å²) < 4.78 is 20.2. The van der Waals surface area contributed by atoms with Crippen LogP contribution in [0.2, 0.25) is 0 Å². The molecule has 0 saturated carbocycles. The van der Waals surface area contributed by atoms with Crippen molar-refractivity contribution in [3.05, 3.63) is 82.0 Å². The fraction of sp³-hybridized carbons (Fsp3) is 0.182. The fourth-order valence-electron chi connectivity index (χ4n) is 3.25. The van der Waals surface area contributed by atoms with E-state index in [9.17, 15) is 14.0 Å². The van der Waals surface area contributed by atoms with Gasteiger partial charge in [-0.2, -0.15) is 0 Å². The quantitative estimate of drug-likeness (QED) is 0.602. The molecule has 0 spiro atoms. The molecule has 0 unspecified atom stereocenters. The molecule has 0 fully saturated rings. The molecule has 0 bridgehead atoms. The van der Waals surface area contributed by atoms with Crippen molar-refractivity contribution in [1.29, 1.82) is 0 Å². The average Bonchev–Trinajstić information content (AvgIpc) is 3.15. The van der Waals surface area contributed by atoms with Crippen LogP contribution in [0.5, 0.6) is 0 Å². The molecule has 0 amide bonds. The predicted octanol–water partition coefficient (Wildman–Crippen LogP) is 4.24. The average molecular weight is 410 g/mol. The van der Waals surface area contributed by atoms with Crippen LogP contribution in [0.15, 0.2) is 59.7 Å². The summed E-state index contributed by atoms with van der Waals surface area (Å²) in [5, 5.41) is 0.403. The standard InChI is InChI=1S/C22H19FN2O3S/c1-3-28-22(27)18-11-25(16-7-5-15(23)6-8-16)19-10-14(4-9-17(19)21(18)26)20-12-24(2)13-29-20/h4-12H,3,13H2,1-2H3. The highest BCUT2D eigenvalue weighted by atomic mass is 32.2. The molecule has 0 aliphatic carbocycles. The summed E-state index contributed by atoms with van der Waals surface area (Å²) in [6.07, 6.45) is 3.53. The summed E-state index contributed by atoms with van der Waals surface area (Å²) in [7, 11) is 2.00. The van der Waals surface area contributed by atoms with Gasteiger partial charge in [-0.1, -0.05) is 6.07 Å².